The van der Waals surface area contributed by atoms with Gasteiger partial charge in [0.15, 0.2) is 0 Å². The lowest BCUT2D eigenvalue weighted by molar-refractivity contribution is -0.151. The number of rotatable bonds is 8. The fourth-order valence-corrected chi connectivity index (χ4v) is 3.74. The number of hydrogen-bond donors (Lipinski definition) is 0. The van der Waals surface area contributed by atoms with Gasteiger partial charge in [-0.2, -0.15) is 5.26 Å². The van der Waals surface area contributed by atoms with Gasteiger partial charge in [-0.1, -0.05) is 37.6 Å². The van der Waals surface area contributed by atoms with E-state index in [4.69, 9.17) is 14.7 Å². The van der Waals surface area contributed by atoms with Crippen LogP contribution in [0.4, 0.5) is 0 Å². The molecule has 0 aliphatic carbocycles. The summed E-state index contributed by atoms with van der Waals surface area (Å²) in [5, 5.41) is 8.89. The van der Waals surface area contributed by atoms with E-state index in [2.05, 4.69) is 13.0 Å². The summed E-state index contributed by atoms with van der Waals surface area (Å²) in [4.78, 5) is 27.4. The third-order valence-electron chi connectivity index (χ3n) is 5.41. The van der Waals surface area contributed by atoms with Gasteiger partial charge in [0, 0.05) is 13.0 Å². The predicted molar refractivity (Wildman–Crippen MR) is 111 cm³/mol. The molecule has 0 radical (unpaired) electrons. The molecule has 1 aliphatic heterocycles. The number of methoxy groups -OCH3 is 1. The Hall–Kier alpha value is -3.33. The summed E-state index contributed by atoms with van der Waals surface area (Å²) in [5.41, 5.74) is 2.26. The third-order valence-corrected chi connectivity index (χ3v) is 5.41. The van der Waals surface area contributed by atoms with Gasteiger partial charge in [-0.25, -0.2) is 0 Å². The van der Waals surface area contributed by atoms with E-state index in [-0.39, 0.29) is 30.9 Å². The number of carbonyl (C=O) groups is 2. The van der Waals surface area contributed by atoms with Crippen LogP contribution in [-0.4, -0.2) is 30.4 Å². The number of benzene rings is 2. The minimum absolute atomic E-state index is 0.0235. The highest BCUT2D eigenvalue weighted by Crippen LogP contribution is 2.39. The van der Waals surface area contributed by atoms with Crippen molar-refractivity contribution >= 4 is 11.9 Å². The number of carbonyl (C=O) groups excluding carboxylic acids is 2. The second kappa shape index (κ2) is 9.93. The Morgan fingerprint density at radius 1 is 1.17 bits per heavy atom. The van der Waals surface area contributed by atoms with Gasteiger partial charge in [-0.15, -0.1) is 0 Å². The fourth-order valence-electron chi connectivity index (χ4n) is 3.74. The van der Waals surface area contributed by atoms with Crippen LogP contribution in [0.15, 0.2) is 48.5 Å². The smallest absolute Gasteiger partial charge is 0.312 e. The molecule has 1 amide bonds. The van der Waals surface area contributed by atoms with Crippen molar-refractivity contribution in [1.29, 1.82) is 5.26 Å². The molecule has 1 fully saturated rings. The first-order valence-electron chi connectivity index (χ1n) is 10.2. The summed E-state index contributed by atoms with van der Waals surface area (Å²) in [6.45, 7) is 2.80. The second-order valence-corrected chi connectivity index (χ2v) is 7.39. The average molecular weight is 406 g/mol. The van der Waals surface area contributed by atoms with E-state index in [0.717, 1.165) is 29.7 Å². The maximum absolute atomic E-state index is 12.9. The Morgan fingerprint density at radius 2 is 1.87 bits per heavy atom. The van der Waals surface area contributed by atoms with E-state index < -0.39 is 5.92 Å². The SMILES string of the molecule is CCCCN1C(=O)C[C@@H](C(=O)OCc2ccc(C#N)cc2)[C@@H]1c1ccc(OC)cc1. The van der Waals surface area contributed by atoms with Gasteiger partial charge in [0.05, 0.1) is 30.7 Å². The molecule has 2 aromatic carbocycles. The first-order chi connectivity index (χ1) is 14.6. The molecule has 2 aromatic rings. The Balaban J connectivity index is 1.77. The highest BCUT2D eigenvalue weighted by atomic mass is 16.5. The van der Waals surface area contributed by atoms with Crippen molar-refractivity contribution in [3.8, 4) is 11.8 Å². The molecule has 0 aromatic heterocycles. The molecule has 2 atom stereocenters. The van der Waals surface area contributed by atoms with Crippen molar-refractivity contribution in [2.75, 3.05) is 13.7 Å². The molecule has 1 saturated heterocycles. The second-order valence-electron chi connectivity index (χ2n) is 7.39. The number of ether oxygens (including phenoxy) is 2. The van der Waals surface area contributed by atoms with Crippen LogP contribution in [0.25, 0.3) is 0 Å². The molecule has 6 heteroatoms. The van der Waals surface area contributed by atoms with E-state index in [1.807, 2.05) is 24.3 Å². The lowest BCUT2D eigenvalue weighted by Crippen LogP contribution is -2.32. The zero-order valence-electron chi connectivity index (χ0n) is 17.3. The van der Waals surface area contributed by atoms with Crippen LogP contribution in [-0.2, 0) is 20.9 Å². The Bertz CT molecular complexity index is 916. The highest BCUT2D eigenvalue weighted by Gasteiger charge is 2.45. The maximum atomic E-state index is 12.9. The minimum Gasteiger partial charge on any atom is -0.497 e. The van der Waals surface area contributed by atoms with Crippen molar-refractivity contribution in [3.05, 3.63) is 65.2 Å². The van der Waals surface area contributed by atoms with E-state index in [1.165, 1.54) is 0 Å². The van der Waals surface area contributed by atoms with Crippen molar-refractivity contribution in [3.63, 3.8) is 0 Å². The lowest BCUT2D eigenvalue weighted by Gasteiger charge is -2.28. The zero-order chi connectivity index (χ0) is 21.5. The van der Waals surface area contributed by atoms with Crippen LogP contribution in [0, 0.1) is 17.2 Å². The number of hydrogen-bond acceptors (Lipinski definition) is 5. The number of amides is 1. The first kappa shape index (κ1) is 21.4. The number of esters is 1. The third kappa shape index (κ3) is 4.80. The van der Waals surface area contributed by atoms with Crippen molar-refractivity contribution in [2.45, 2.75) is 38.8 Å². The van der Waals surface area contributed by atoms with Gasteiger partial charge < -0.3 is 14.4 Å². The molecular weight excluding hydrogens is 380 g/mol. The van der Waals surface area contributed by atoms with E-state index in [0.29, 0.717) is 12.1 Å². The van der Waals surface area contributed by atoms with Crippen molar-refractivity contribution in [1.82, 2.24) is 4.90 Å². The monoisotopic (exact) mass is 406 g/mol. The summed E-state index contributed by atoms with van der Waals surface area (Å²) in [5.74, 6) is -0.235. The summed E-state index contributed by atoms with van der Waals surface area (Å²) in [6, 6.07) is 16.1. The molecule has 0 saturated carbocycles. The molecule has 3 rings (SSSR count). The molecule has 0 N–H and O–H groups in total. The van der Waals surface area contributed by atoms with E-state index in [9.17, 15) is 9.59 Å². The molecular formula is C24H26N2O4. The summed E-state index contributed by atoms with van der Waals surface area (Å²) >= 11 is 0. The van der Waals surface area contributed by atoms with Gasteiger partial charge in [0.25, 0.3) is 0 Å². The van der Waals surface area contributed by atoms with Gasteiger partial charge >= 0.3 is 5.97 Å². The Morgan fingerprint density at radius 3 is 2.47 bits per heavy atom. The summed E-state index contributed by atoms with van der Waals surface area (Å²) in [7, 11) is 1.60. The largest absolute Gasteiger partial charge is 0.497 e. The molecule has 156 valence electrons. The number of unbranched alkanes of at least 4 members (excludes halogenated alkanes) is 1. The summed E-state index contributed by atoms with van der Waals surface area (Å²) in [6.07, 6.45) is 1.99. The van der Waals surface area contributed by atoms with Crippen LogP contribution in [0.1, 0.15) is 48.9 Å². The topological polar surface area (TPSA) is 79.6 Å². The molecule has 1 aliphatic rings. The van der Waals surface area contributed by atoms with Gasteiger partial charge in [0.2, 0.25) is 5.91 Å². The van der Waals surface area contributed by atoms with Crippen molar-refractivity contribution < 1.29 is 19.1 Å². The quantitative estimate of drug-likeness (QED) is 0.619. The first-order valence-corrected chi connectivity index (χ1v) is 10.2. The minimum atomic E-state index is -0.555. The standard InChI is InChI=1S/C24H26N2O4/c1-3-4-13-26-22(27)14-21(23(26)19-9-11-20(29-2)12-10-19)24(28)30-16-18-7-5-17(15-25)6-8-18/h5-12,21,23H,3-4,13-14,16H2,1-2H3/t21-,23+/m1/s1. The lowest BCUT2D eigenvalue weighted by atomic mass is 9.93. The van der Waals surface area contributed by atoms with Gasteiger partial charge in [0.1, 0.15) is 12.4 Å². The summed E-state index contributed by atoms with van der Waals surface area (Å²) < 4.78 is 10.8. The van der Waals surface area contributed by atoms with Crippen LogP contribution in [0.5, 0.6) is 5.75 Å². The van der Waals surface area contributed by atoms with Crippen LogP contribution in [0.2, 0.25) is 0 Å². The van der Waals surface area contributed by atoms with E-state index >= 15 is 0 Å². The molecule has 0 bridgehead atoms. The normalized spacial score (nSPS) is 18.2. The van der Waals surface area contributed by atoms with E-state index in [1.54, 1.807) is 36.3 Å². The predicted octanol–water partition coefficient (Wildman–Crippen LogP) is 4.00. The molecule has 30 heavy (non-hydrogen) atoms. The maximum Gasteiger partial charge on any atom is 0.312 e. The Labute approximate surface area is 177 Å². The molecule has 0 spiro atoms. The highest BCUT2D eigenvalue weighted by molar-refractivity contribution is 5.88. The van der Waals surface area contributed by atoms with Crippen LogP contribution in [0.3, 0.4) is 0 Å². The fraction of sp³-hybridized carbons (Fsp3) is 0.375. The number of nitriles is 1. The zero-order valence-corrected chi connectivity index (χ0v) is 17.3. The number of nitrogens with zero attached hydrogens (tertiary/aromatic N) is 2. The molecule has 6 nitrogen and oxygen atoms in total. The van der Waals surface area contributed by atoms with Crippen LogP contribution < -0.4 is 4.74 Å². The number of likely N-dealkylation sites (tertiary alicyclic amines) is 1. The Kier molecular flexibility index (Phi) is 7.08. The van der Waals surface area contributed by atoms with Crippen LogP contribution >= 0.6 is 0 Å². The van der Waals surface area contributed by atoms with Gasteiger partial charge in [-0.05, 0) is 41.8 Å². The molecule has 0 unspecified atom stereocenters. The van der Waals surface area contributed by atoms with Gasteiger partial charge in [-0.3, -0.25) is 9.59 Å². The average Bonchev–Trinajstić information content (AvgIpc) is 3.12. The van der Waals surface area contributed by atoms with Crippen molar-refractivity contribution in [2.24, 2.45) is 5.92 Å². The molecule has 1 heterocycles.